The van der Waals surface area contributed by atoms with Crippen molar-refractivity contribution >= 4 is 28.4 Å². The van der Waals surface area contributed by atoms with Gasteiger partial charge >= 0.3 is 6.03 Å². The minimum atomic E-state index is -0.111. The predicted octanol–water partition coefficient (Wildman–Crippen LogP) is 1.42. The number of carbonyl (C=O) groups excluding carboxylic acids is 2. The number of amides is 3. The number of urea groups is 1. The second-order valence-corrected chi connectivity index (χ2v) is 9.17. The van der Waals surface area contributed by atoms with Gasteiger partial charge in [-0.3, -0.25) is 14.6 Å². The van der Waals surface area contributed by atoms with Crippen LogP contribution in [0.15, 0.2) is 5.38 Å². The minimum Gasteiger partial charge on any atom is -0.379 e. The van der Waals surface area contributed by atoms with Crippen molar-refractivity contribution in [3.8, 4) is 0 Å². The van der Waals surface area contributed by atoms with Crippen LogP contribution in [-0.4, -0.2) is 86.3 Å². The van der Waals surface area contributed by atoms with Crippen molar-refractivity contribution in [1.29, 1.82) is 0 Å². The van der Waals surface area contributed by atoms with Crippen LogP contribution in [0, 0.1) is 5.41 Å². The number of nitrogens with zero attached hydrogens (tertiary/aromatic N) is 4. The molecule has 0 aromatic carbocycles. The molecule has 9 heteroatoms. The fourth-order valence-electron chi connectivity index (χ4n) is 3.75. The molecular formula is C19H31N5O3S. The number of thiazole rings is 1. The van der Waals surface area contributed by atoms with Crippen LogP contribution in [0.5, 0.6) is 0 Å². The number of aromatic nitrogens is 1. The van der Waals surface area contributed by atoms with E-state index in [-0.39, 0.29) is 23.8 Å². The van der Waals surface area contributed by atoms with E-state index in [4.69, 9.17) is 4.74 Å². The summed E-state index contributed by atoms with van der Waals surface area (Å²) in [6.07, 6.45) is 1.16. The molecule has 8 nitrogen and oxygen atoms in total. The molecule has 3 amide bonds. The van der Waals surface area contributed by atoms with Crippen LogP contribution in [0.25, 0.3) is 0 Å². The zero-order chi connectivity index (χ0) is 20.1. The standard InChI is InChI=1S/C19H31N5O3S/c1-19(2,14-23-7-9-27-10-8-23)13-22(3)16(25)11-15-12-28-18(21-15)24-6-4-5-20-17(24)26/h12H,4-11,13-14H2,1-3H3,(H,20,26). The maximum atomic E-state index is 12.7. The van der Waals surface area contributed by atoms with Gasteiger partial charge in [-0.2, -0.15) is 0 Å². The molecule has 1 aromatic rings. The van der Waals surface area contributed by atoms with Crippen molar-refractivity contribution in [2.45, 2.75) is 26.7 Å². The van der Waals surface area contributed by atoms with E-state index in [1.165, 1.54) is 11.3 Å². The van der Waals surface area contributed by atoms with Gasteiger partial charge < -0.3 is 15.0 Å². The highest BCUT2D eigenvalue weighted by molar-refractivity contribution is 7.14. The number of nitrogens with one attached hydrogen (secondary N) is 1. The van der Waals surface area contributed by atoms with Gasteiger partial charge in [-0.05, 0) is 11.8 Å². The molecule has 0 aliphatic carbocycles. The van der Waals surface area contributed by atoms with Crippen LogP contribution in [0.3, 0.4) is 0 Å². The number of rotatable bonds is 7. The van der Waals surface area contributed by atoms with E-state index in [9.17, 15) is 9.59 Å². The van der Waals surface area contributed by atoms with E-state index in [0.29, 0.717) is 24.8 Å². The van der Waals surface area contributed by atoms with Crippen LogP contribution < -0.4 is 10.2 Å². The summed E-state index contributed by atoms with van der Waals surface area (Å²) < 4.78 is 5.41. The highest BCUT2D eigenvalue weighted by atomic mass is 32.1. The third kappa shape index (κ3) is 5.65. The van der Waals surface area contributed by atoms with Crippen molar-refractivity contribution < 1.29 is 14.3 Å². The van der Waals surface area contributed by atoms with Gasteiger partial charge in [-0.1, -0.05) is 13.8 Å². The molecule has 2 aliphatic heterocycles. The number of ether oxygens (including phenoxy) is 1. The highest BCUT2D eigenvalue weighted by Gasteiger charge is 2.27. The fraction of sp³-hybridized carbons (Fsp3) is 0.737. The maximum Gasteiger partial charge on any atom is 0.323 e. The molecule has 2 fully saturated rings. The van der Waals surface area contributed by atoms with Crippen molar-refractivity contribution in [1.82, 2.24) is 20.1 Å². The molecular weight excluding hydrogens is 378 g/mol. The molecule has 28 heavy (non-hydrogen) atoms. The average Bonchev–Trinajstić information content (AvgIpc) is 3.10. The van der Waals surface area contributed by atoms with Crippen molar-refractivity contribution in [2.24, 2.45) is 5.41 Å². The van der Waals surface area contributed by atoms with E-state index < -0.39 is 0 Å². The van der Waals surface area contributed by atoms with E-state index in [0.717, 1.165) is 45.0 Å². The van der Waals surface area contributed by atoms with Crippen LogP contribution >= 0.6 is 11.3 Å². The third-order valence-electron chi connectivity index (χ3n) is 5.03. The number of hydrogen-bond acceptors (Lipinski definition) is 6. The Balaban J connectivity index is 1.51. The van der Waals surface area contributed by atoms with Gasteiger partial charge in [0, 0.05) is 51.7 Å². The number of likely N-dealkylation sites (N-methyl/N-ethyl adjacent to an activating group) is 1. The smallest absolute Gasteiger partial charge is 0.323 e. The van der Waals surface area contributed by atoms with Crippen molar-refractivity contribution in [2.75, 3.05) is 64.4 Å². The summed E-state index contributed by atoms with van der Waals surface area (Å²) in [4.78, 5) is 35.0. The van der Waals surface area contributed by atoms with E-state index >= 15 is 0 Å². The zero-order valence-electron chi connectivity index (χ0n) is 17.1. The molecule has 0 radical (unpaired) electrons. The van der Waals surface area contributed by atoms with Gasteiger partial charge in [0.2, 0.25) is 5.91 Å². The van der Waals surface area contributed by atoms with Gasteiger partial charge in [0.15, 0.2) is 5.13 Å². The quantitative estimate of drug-likeness (QED) is 0.737. The largest absolute Gasteiger partial charge is 0.379 e. The second-order valence-electron chi connectivity index (χ2n) is 8.34. The summed E-state index contributed by atoms with van der Waals surface area (Å²) in [6.45, 7) is 10.9. The Kier molecular flexibility index (Phi) is 6.90. The zero-order valence-corrected chi connectivity index (χ0v) is 17.9. The van der Waals surface area contributed by atoms with Gasteiger partial charge in [-0.25, -0.2) is 9.78 Å². The maximum absolute atomic E-state index is 12.7. The molecule has 2 saturated heterocycles. The first-order valence-electron chi connectivity index (χ1n) is 9.88. The van der Waals surface area contributed by atoms with Gasteiger partial charge in [0.25, 0.3) is 0 Å². The van der Waals surface area contributed by atoms with Crippen molar-refractivity contribution in [3.63, 3.8) is 0 Å². The normalized spacial score (nSPS) is 18.8. The number of carbonyl (C=O) groups is 2. The Hall–Kier alpha value is -1.71. The summed E-state index contributed by atoms with van der Waals surface area (Å²) in [5.41, 5.74) is 0.724. The Morgan fingerprint density at radius 1 is 1.36 bits per heavy atom. The lowest BCUT2D eigenvalue weighted by atomic mass is 9.91. The first kappa shape index (κ1) is 21.0. The molecule has 0 spiro atoms. The van der Waals surface area contributed by atoms with E-state index in [1.807, 2.05) is 12.4 Å². The summed E-state index contributed by atoms with van der Waals surface area (Å²) >= 11 is 1.41. The Morgan fingerprint density at radius 2 is 2.11 bits per heavy atom. The van der Waals surface area contributed by atoms with E-state index in [2.05, 4.69) is 29.0 Å². The Morgan fingerprint density at radius 3 is 2.82 bits per heavy atom. The molecule has 1 aromatic heterocycles. The number of hydrogen-bond donors (Lipinski definition) is 1. The van der Waals surface area contributed by atoms with Crippen molar-refractivity contribution in [3.05, 3.63) is 11.1 Å². The predicted molar refractivity (Wildman–Crippen MR) is 110 cm³/mol. The third-order valence-corrected chi connectivity index (χ3v) is 5.94. The molecule has 3 rings (SSSR count). The van der Waals surface area contributed by atoms with E-state index in [1.54, 1.807) is 9.80 Å². The fourth-order valence-corrected chi connectivity index (χ4v) is 4.60. The molecule has 0 bridgehead atoms. The number of anilines is 1. The first-order valence-corrected chi connectivity index (χ1v) is 10.8. The first-order chi connectivity index (χ1) is 13.3. The van der Waals surface area contributed by atoms with Crippen LogP contribution in [0.1, 0.15) is 26.0 Å². The minimum absolute atomic E-state index is 0.000868. The van der Waals surface area contributed by atoms with Gasteiger partial charge in [-0.15, -0.1) is 11.3 Å². The number of morpholine rings is 1. The lowest BCUT2D eigenvalue weighted by Gasteiger charge is -2.37. The van der Waals surface area contributed by atoms with Gasteiger partial charge in [0.05, 0.1) is 25.3 Å². The molecule has 0 saturated carbocycles. The average molecular weight is 410 g/mol. The summed E-state index contributed by atoms with van der Waals surface area (Å²) in [6, 6.07) is -0.111. The highest BCUT2D eigenvalue weighted by Crippen LogP contribution is 2.23. The van der Waals surface area contributed by atoms with Gasteiger partial charge in [0.1, 0.15) is 0 Å². The summed E-state index contributed by atoms with van der Waals surface area (Å²) in [5.74, 6) is 0.0509. The van der Waals surface area contributed by atoms with Crippen LogP contribution in [-0.2, 0) is 16.0 Å². The molecule has 3 heterocycles. The molecule has 0 atom stereocenters. The van der Waals surface area contributed by atoms with Crippen LogP contribution in [0.4, 0.5) is 9.93 Å². The molecule has 0 unspecified atom stereocenters. The topological polar surface area (TPSA) is 78.0 Å². The Labute approximate surface area is 170 Å². The lowest BCUT2D eigenvalue weighted by molar-refractivity contribution is -0.130. The summed E-state index contributed by atoms with van der Waals surface area (Å²) in [5, 5.41) is 5.36. The lowest BCUT2D eigenvalue weighted by Crippen LogP contribution is -2.46. The molecule has 2 aliphatic rings. The SMILES string of the molecule is CN(CC(C)(C)CN1CCOCC1)C(=O)Cc1csc(N2CCCNC2=O)n1. The Bertz CT molecular complexity index is 687. The molecule has 1 N–H and O–H groups in total. The summed E-state index contributed by atoms with van der Waals surface area (Å²) in [7, 11) is 1.86. The molecule has 156 valence electrons. The van der Waals surface area contributed by atoms with Crippen LogP contribution in [0.2, 0.25) is 0 Å². The second kappa shape index (κ2) is 9.19. The monoisotopic (exact) mass is 409 g/mol.